The first kappa shape index (κ1) is 23.3. The van der Waals surface area contributed by atoms with Gasteiger partial charge in [0.05, 0.1) is 23.7 Å². The number of rotatable bonds is 8. The summed E-state index contributed by atoms with van der Waals surface area (Å²) in [6, 6.07) is 8.34. The third-order valence-electron chi connectivity index (χ3n) is 5.47. The topological polar surface area (TPSA) is 70.6 Å². The standard InChI is InChI=1S/C22H27F2N3O3S/c1-2-3-14-31(29,30)26-12-9-17(10-13-26)22(28)27(16-19-6-4-5-11-25-19)21-8-7-18(23)15-20(21)24/h4-8,11,15,17H,2-3,9-10,12-14,16H2,1H3. The number of carbonyl (C=O) groups excluding carboxylic acids is 1. The van der Waals surface area contributed by atoms with Gasteiger partial charge in [-0.05, 0) is 43.5 Å². The zero-order valence-corrected chi connectivity index (χ0v) is 18.3. The predicted molar refractivity (Wildman–Crippen MR) is 115 cm³/mol. The zero-order valence-electron chi connectivity index (χ0n) is 17.5. The highest BCUT2D eigenvalue weighted by Crippen LogP contribution is 2.28. The van der Waals surface area contributed by atoms with E-state index in [9.17, 15) is 22.0 Å². The van der Waals surface area contributed by atoms with Crippen LogP contribution in [0.1, 0.15) is 38.3 Å². The zero-order chi connectivity index (χ0) is 22.4. The number of carbonyl (C=O) groups is 1. The summed E-state index contributed by atoms with van der Waals surface area (Å²) in [5, 5.41) is 0. The molecular weight excluding hydrogens is 424 g/mol. The number of halogens is 2. The van der Waals surface area contributed by atoms with Crippen molar-refractivity contribution in [3.63, 3.8) is 0 Å². The van der Waals surface area contributed by atoms with Crippen LogP contribution in [0.2, 0.25) is 0 Å². The van der Waals surface area contributed by atoms with Crippen molar-refractivity contribution in [2.24, 2.45) is 5.92 Å². The van der Waals surface area contributed by atoms with Crippen LogP contribution in [0.15, 0.2) is 42.6 Å². The van der Waals surface area contributed by atoms with Gasteiger partial charge in [-0.2, -0.15) is 0 Å². The Hall–Kier alpha value is -2.39. The Labute approximate surface area is 181 Å². The number of amides is 1. The van der Waals surface area contributed by atoms with Crippen molar-refractivity contribution < 1.29 is 22.0 Å². The van der Waals surface area contributed by atoms with Gasteiger partial charge in [0.1, 0.15) is 11.6 Å². The van der Waals surface area contributed by atoms with Gasteiger partial charge in [-0.15, -0.1) is 0 Å². The number of anilines is 1. The lowest BCUT2D eigenvalue weighted by Crippen LogP contribution is -2.45. The molecule has 0 N–H and O–H groups in total. The Bertz CT molecular complexity index is 994. The van der Waals surface area contributed by atoms with Gasteiger partial charge in [0.25, 0.3) is 0 Å². The number of pyridine rings is 1. The van der Waals surface area contributed by atoms with Crippen LogP contribution >= 0.6 is 0 Å². The van der Waals surface area contributed by atoms with Crippen molar-refractivity contribution in [1.82, 2.24) is 9.29 Å². The molecule has 1 aromatic heterocycles. The van der Waals surface area contributed by atoms with Crippen LogP contribution in [0.3, 0.4) is 0 Å². The smallest absolute Gasteiger partial charge is 0.230 e. The molecule has 0 spiro atoms. The quantitative estimate of drug-likeness (QED) is 0.613. The van der Waals surface area contributed by atoms with Crippen molar-refractivity contribution >= 4 is 21.6 Å². The molecule has 1 saturated heterocycles. The molecule has 0 saturated carbocycles. The van der Waals surface area contributed by atoms with Crippen molar-refractivity contribution in [2.75, 3.05) is 23.7 Å². The van der Waals surface area contributed by atoms with Crippen LogP contribution < -0.4 is 4.90 Å². The minimum absolute atomic E-state index is 0.0185. The SMILES string of the molecule is CCCCS(=O)(=O)N1CCC(C(=O)N(Cc2ccccn2)c2ccc(F)cc2F)CC1. The van der Waals surface area contributed by atoms with Crippen molar-refractivity contribution in [2.45, 2.75) is 39.2 Å². The van der Waals surface area contributed by atoms with Crippen LogP contribution in [0.25, 0.3) is 0 Å². The average Bonchev–Trinajstić information content (AvgIpc) is 2.77. The number of hydrogen-bond donors (Lipinski definition) is 0. The molecule has 0 unspecified atom stereocenters. The minimum Gasteiger partial charge on any atom is -0.303 e. The van der Waals surface area contributed by atoms with Crippen LogP contribution in [-0.4, -0.2) is 42.5 Å². The van der Waals surface area contributed by atoms with E-state index in [0.29, 0.717) is 25.0 Å². The fourth-order valence-electron chi connectivity index (χ4n) is 3.69. The van der Waals surface area contributed by atoms with Gasteiger partial charge in [-0.3, -0.25) is 9.78 Å². The fourth-order valence-corrected chi connectivity index (χ4v) is 5.37. The molecule has 6 nitrogen and oxygen atoms in total. The number of nitrogens with zero attached hydrogens (tertiary/aromatic N) is 3. The van der Waals surface area contributed by atoms with E-state index in [0.717, 1.165) is 18.6 Å². The monoisotopic (exact) mass is 451 g/mol. The lowest BCUT2D eigenvalue weighted by Gasteiger charge is -2.33. The van der Waals surface area contributed by atoms with Crippen LogP contribution in [0.4, 0.5) is 14.5 Å². The summed E-state index contributed by atoms with van der Waals surface area (Å²) >= 11 is 0. The van der Waals surface area contributed by atoms with E-state index in [1.807, 2.05) is 6.92 Å². The highest BCUT2D eigenvalue weighted by Gasteiger charge is 2.34. The molecule has 0 bridgehead atoms. The summed E-state index contributed by atoms with van der Waals surface area (Å²) in [6.07, 6.45) is 3.68. The van der Waals surface area contributed by atoms with Crippen molar-refractivity contribution in [3.05, 3.63) is 59.9 Å². The summed E-state index contributed by atoms with van der Waals surface area (Å²) in [7, 11) is -3.33. The second-order valence-electron chi connectivity index (χ2n) is 7.68. The van der Waals surface area contributed by atoms with E-state index in [2.05, 4.69) is 4.98 Å². The number of hydrogen-bond acceptors (Lipinski definition) is 4. The Kier molecular flexibility index (Phi) is 7.72. The Morgan fingerprint density at radius 3 is 2.55 bits per heavy atom. The van der Waals surface area contributed by atoms with E-state index in [1.54, 1.807) is 24.4 Å². The van der Waals surface area contributed by atoms with Gasteiger partial charge in [0.15, 0.2) is 0 Å². The maximum Gasteiger partial charge on any atom is 0.230 e. The molecule has 2 heterocycles. The number of sulfonamides is 1. The highest BCUT2D eigenvalue weighted by molar-refractivity contribution is 7.89. The molecular formula is C22H27F2N3O3S. The number of benzene rings is 1. The normalized spacial score (nSPS) is 15.7. The predicted octanol–water partition coefficient (Wildman–Crippen LogP) is 3.73. The molecule has 0 radical (unpaired) electrons. The summed E-state index contributed by atoms with van der Waals surface area (Å²) < 4.78 is 54.2. The fraction of sp³-hybridized carbons (Fsp3) is 0.455. The molecule has 31 heavy (non-hydrogen) atoms. The number of aromatic nitrogens is 1. The van der Waals surface area contributed by atoms with E-state index >= 15 is 0 Å². The summed E-state index contributed by atoms with van der Waals surface area (Å²) in [6.45, 7) is 2.49. The third kappa shape index (κ3) is 5.86. The molecule has 3 rings (SSSR count). The first-order valence-electron chi connectivity index (χ1n) is 10.5. The molecule has 0 atom stereocenters. The van der Waals surface area contributed by atoms with Gasteiger partial charge in [0, 0.05) is 31.3 Å². The second-order valence-corrected chi connectivity index (χ2v) is 9.77. The molecule has 0 aliphatic carbocycles. The Morgan fingerprint density at radius 1 is 1.19 bits per heavy atom. The van der Waals surface area contributed by atoms with Gasteiger partial charge >= 0.3 is 0 Å². The lowest BCUT2D eigenvalue weighted by molar-refractivity contribution is -0.123. The first-order valence-corrected chi connectivity index (χ1v) is 12.1. The molecule has 1 amide bonds. The lowest BCUT2D eigenvalue weighted by atomic mass is 9.96. The van der Waals surface area contributed by atoms with E-state index in [4.69, 9.17) is 0 Å². The number of unbranched alkanes of at least 4 members (excludes halogenated alkanes) is 1. The number of piperidine rings is 1. The van der Waals surface area contributed by atoms with Crippen LogP contribution in [-0.2, 0) is 21.4 Å². The maximum absolute atomic E-state index is 14.5. The Morgan fingerprint density at radius 2 is 1.94 bits per heavy atom. The van der Waals surface area contributed by atoms with Crippen LogP contribution in [0, 0.1) is 17.6 Å². The maximum atomic E-state index is 14.5. The van der Waals surface area contributed by atoms with Gasteiger partial charge in [-0.1, -0.05) is 19.4 Å². The summed E-state index contributed by atoms with van der Waals surface area (Å²) in [5.74, 6) is -2.22. The molecule has 9 heteroatoms. The molecule has 1 aliphatic rings. The average molecular weight is 452 g/mol. The first-order chi connectivity index (χ1) is 14.8. The molecule has 1 aromatic carbocycles. The Balaban J connectivity index is 1.78. The van der Waals surface area contributed by atoms with E-state index in [1.165, 1.54) is 15.3 Å². The molecule has 1 fully saturated rings. The minimum atomic E-state index is -3.33. The van der Waals surface area contributed by atoms with Gasteiger partial charge < -0.3 is 4.90 Å². The van der Waals surface area contributed by atoms with Crippen LogP contribution in [0.5, 0.6) is 0 Å². The summed E-state index contributed by atoms with van der Waals surface area (Å²) in [4.78, 5) is 18.8. The third-order valence-corrected chi connectivity index (χ3v) is 7.42. The van der Waals surface area contributed by atoms with Gasteiger partial charge in [0.2, 0.25) is 15.9 Å². The van der Waals surface area contributed by atoms with Crippen molar-refractivity contribution in [3.8, 4) is 0 Å². The van der Waals surface area contributed by atoms with Crippen molar-refractivity contribution in [1.29, 1.82) is 0 Å². The summed E-state index contributed by atoms with van der Waals surface area (Å²) in [5.41, 5.74) is 0.550. The molecule has 1 aliphatic heterocycles. The van der Waals surface area contributed by atoms with E-state index < -0.39 is 27.6 Å². The molecule has 2 aromatic rings. The highest BCUT2D eigenvalue weighted by atomic mass is 32.2. The van der Waals surface area contributed by atoms with Gasteiger partial charge in [-0.25, -0.2) is 21.5 Å². The largest absolute Gasteiger partial charge is 0.303 e. The second kappa shape index (κ2) is 10.3. The molecule has 168 valence electrons. The van der Waals surface area contributed by atoms with E-state index in [-0.39, 0.29) is 37.0 Å².